The molecule has 8 nitrogen and oxygen atoms in total. The number of benzene rings is 1. The van der Waals surface area contributed by atoms with Crippen LogP contribution >= 0.6 is 0 Å². The van der Waals surface area contributed by atoms with Gasteiger partial charge in [-0.3, -0.25) is 4.90 Å². The van der Waals surface area contributed by atoms with Crippen LogP contribution in [0.5, 0.6) is 0 Å². The molecule has 0 aromatic heterocycles. The van der Waals surface area contributed by atoms with Crippen molar-refractivity contribution in [2.75, 3.05) is 39.4 Å². The minimum atomic E-state index is -3.70. The molecule has 0 radical (unpaired) electrons. The average molecular weight is 384 g/mol. The summed E-state index contributed by atoms with van der Waals surface area (Å²) in [6, 6.07) is 6.91. The summed E-state index contributed by atoms with van der Waals surface area (Å²) in [7, 11) is -3.70. The standard InChI is InChI=1S/C17H29N5O3S/c1-3-19-17(20-12-14(2)22-7-9-25-10-8-22)21-13-15-5-4-6-16(11-15)26(18,23)24/h4-6,11,14H,3,7-10,12-13H2,1-2H3,(H2,18,23,24)(H2,19,20,21). The van der Waals surface area contributed by atoms with Gasteiger partial charge in [-0.2, -0.15) is 0 Å². The quantitative estimate of drug-likeness (QED) is 0.455. The highest BCUT2D eigenvalue weighted by Gasteiger charge is 2.17. The molecule has 1 atom stereocenters. The molecule has 9 heteroatoms. The molecular formula is C17H29N5O3S. The maximum absolute atomic E-state index is 11.5. The van der Waals surface area contributed by atoms with Crippen molar-refractivity contribution in [3.63, 3.8) is 0 Å². The number of nitrogens with one attached hydrogen (secondary N) is 2. The van der Waals surface area contributed by atoms with Crippen molar-refractivity contribution < 1.29 is 13.2 Å². The zero-order chi connectivity index (χ0) is 19.0. The monoisotopic (exact) mass is 383 g/mol. The van der Waals surface area contributed by atoms with Gasteiger partial charge in [0.15, 0.2) is 5.96 Å². The number of guanidine groups is 1. The Morgan fingerprint density at radius 1 is 1.35 bits per heavy atom. The summed E-state index contributed by atoms with van der Waals surface area (Å²) >= 11 is 0. The Morgan fingerprint density at radius 3 is 2.73 bits per heavy atom. The molecule has 1 unspecified atom stereocenters. The molecule has 4 N–H and O–H groups in total. The Hall–Kier alpha value is -1.68. The average Bonchev–Trinajstić information content (AvgIpc) is 2.64. The molecule has 1 aromatic carbocycles. The van der Waals surface area contributed by atoms with E-state index in [1.54, 1.807) is 12.1 Å². The van der Waals surface area contributed by atoms with E-state index in [9.17, 15) is 8.42 Å². The minimum Gasteiger partial charge on any atom is -0.379 e. The van der Waals surface area contributed by atoms with Crippen molar-refractivity contribution in [2.24, 2.45) is 10.1 Å². The molecule has 0 saturated carbocycles. The summed E-state index contributed by atoms with van der Waals surface area (Å²) in [6.07, 6.45) is 0. The SMILES string of the molecule is CCNC(=NCc1cccc(S(N)(=O)=O)c1)NCC(C)N1CCOCC1. The first kappa shape index (κ1) is 20.6. The highest BCUT2D eigenvalue weighted by molar-refractivity contribution is 7.89. The molecule has 1 aliphatic rings. The lowest BCUT2D eigenvalue weighted by molar-refractivity contribution is 0.0211. The maximum atomic E-state index is 11.5. The highest BCUT2D eigenvalue weighted by Crippen LogP contribution is 2.10. The van der Waals surface area contributed by atoms with Crippen LogP contribution in [-0.4, -0.2) is 64.7 Å². The van der Waals surface area contributed by atoms with Gasteiger partial charge < -0.3 is 15.4 Å². The van der Waals surface area contributed by atoms with Gasteiger partial charge >= 0.3 is 0 Å². The molecule has 0 aliphatic carbocycles. The molecule has 1 aromatic rings. The molecule has 26 heavy (non-hydrogen) atoms. The number of aliphatic imine (C=N–C) groups is 1. The van der Waals surface area contributed by atoms with Crippen molar-refractivity contribution in [3.8, 4) is 0 Å². The second-order valence-electron chi connectivity index (χ2n) is 6.27. The Morgan fingerprint density at radius 2 is 2.08 bits per heavy atom. The number of primary sulfonamides is 1. The Kier molecular flexibility index (Phi) is 7.83. The molecule has 146 valence electrons. The fourth-order valence-electron chi connectivity index (χ4n) is 2.72. The van der Waals surface area contributed by atoms with Gasteiger partial charge in [-0.25, -0.2) is 18.5 Å². The first-order chi connectivity index (χ1) is 12.4. The zero-order valence-corrected chi connectivity index (χ0v) is 16.3. The van der Waals surface area contributed by atoms with Crippen molar-refractivity contribution in [1.82, 2.24) is 15.5 Å². The number of sulfonamides is 1. The van der Waals surface area contributed by atoms with E-state index in [2.05, 4.69) is 27.4 Å². The van der Waals surface area contributed by atoms with Gasteiger partial charge in [0.25, 0.3) is 0 Å². The topological polar surface area (TPSA) is 109 Å². The third-order valence-corrected chi connectivity index (χ3v) is 5.14. The van der Waals surface area contributed by atoms with Gasteiger partial charge in [-0.1, -0.05) is 12.1 Å². The number of morpholine rings is 1. The van der Waals surface area contributed by atoms with E-state index in [0.29, 0.717) is 18.5 Å². The summed E-state index contributed by atoms with van der Waals surface area (Å²) in [5.41, 5.74) is 0.787. The lowest BCUT2D eigenvalue weighted by Crippen LogP contribution is -2.49. The number of hydrogen-bond donors (Lipinski definition) is 3. The largest absolute Gasteiger partial charge is 0.379 e. The van der Waals surface area contributed by atoms with E-state index in [0.717, 1.165) is 45.0 Å². The lowest BCUT2D eigenvalue weighted by Gasteiger charge is -2.32. The normalized spacial score (nSPS) is 17.7. The third-order valence-electron chi connectivity index (χ3n) is 4.22. The van der Waals surface area contributed by atoms with Gasteiger partial charge in [0.1, 0.15) is 0 Å². The van der Waals surface area contributed by atoms with Gasteiger partial charge in [-0.15, -0.1) is 0 Å². The summed E-state index contributed by atoms with van der Waals surface area (Å²) < 4.78 is 28.3. The van der Waals surface area contributed by atoms with Crippen LogP contribution in [0.25, 0.3) is 0 Å². The van der Waals surface area contributed by atoms with Crippen molar-refractivity contribution in [2.45, 2.75) is 31.3 Å². The van der Waals surface area contributed by atoms with Gasteiger partial charge in [-0.05, 0) is 31.5 Å². The number of nitrogens with two attached hydrogens (primary N) is 1. The summed E-state index contributed by atoms with van der Waals surface area (Å²) in [5.74, 6) is 0.702. The smallest absolute Gasteiger partial charge is 0.238 e. The Balaban J connectivity index is 1.95. The molecule has 1 fully saturated rings. The van der Waals surface area contributed by atoms with Crippen molar-refractivity contribution in [1.29, 1.82) is 0 Å². The van der Waals surface area contributed by atoms with Crippen LogP contribution < -0.4 is 15.8 Å². The predicted molar refractivity (Wildman–Crippen MR) is 102 cm³/mol. The van der Waals surface area contributed by atoms with E-state index in [1.165, 1.54) is 6.07 Å². The number of hydrogen-bond acceptors (Lipinski definition) is 5. The Labute approximate surface area is 155 Å². The molecule has 0 spiro atoms. The van der Waals surface area contributed by atoms with Crippen LogP contribution in [0.4, 0.5) is 0 Å². The number of ether oxygens (including phenoxy) is 1. The van der Waals surface area contributed by atoms with Gasteiger partial charge in [0.05, 0.1) is 24.7 Å². The van der Waals surface area contributed by atoms with E-state index in [-0.39, 0.29) is 4.90 Å². The van der Waals surface area contributed by atoms with Gasteiger partial charge in [0.2, 0.25) is 10.0 Å². The number of nitrogens with zero attached hydrogens (tertiary/aromatic N) is 2. The van der Waals surface area contributed by atoms with Crippen LogP contribution in [0.1, 0.15) is 19.4 Å². The van der Waals surface area contributed by atoms with E-state index in [1.807, 2.05) is 13.0 Å². The second-order valence-corrected chi connectivity index (χ2v) is 7.83. The Bertz CT molecular complexity index is 702. The highest BCUT2D eigenvalue weighted by atomic mass is 32.2. The van der Waals surface area contributed by atoms with Crippen LogP contribution in [0, 0.1) is 0 Å². The van der Waals surface area contributed by atoms with Crippen molar-refractivity contribution in [3.05, 3.63) is 29.8 Å². The van der Waals surface area contributed by atoms with Crippen molar-refractivity contribution >= 4 is 16.0 Å². The van der Waals surface area contributed by atoms with Crippen LogP contribution in [0.3, 0.4) is 0 Å². The number of rotatable bonds is 7. The fourth-order valence-corrected chi connectivity index (χ4v) is 3.31. The van der Waals surface area contributed by atoms with E-state index < -0.39 is 10.0 Å². The summed E-state index contributed by atoms with van der Waals surface area (Å²) in [4.78, 5) is 7.03. The molecule has 1 saturated heterocycles. The van der Waals surface area contributed by atoms with E-state index >= 15 is 0 Å². The summed E-state index contributed by atoms with van der Waals surface area (Å²) in [6.45, 7) is 9.50. The zero-order valence-electron chi connectivity index (χ0n) is 15.4. The molecule has 1 heterocycles. The first-order valence-electron chi connectivity index (χ1n) is 8.86. The van der Waals surface area contributed by atoms with Crippen LogP contribution in [0.2, 0.25) is 0 Å². The lowest BCUT2D eigenvalue weighted by atomic mass is 10.2. The fraction of sp³-hybridized carbons (Fsp3) is 0.588. The first-order valence-corrected chi connectivity index (χ1v) is 10.4. The predicted octanol–water partition coefficient (Wildman–Crippen LogP) is 0.110. The molecule has 0 bridgehead atoms. The minimum absolute atomic E-state index is 0.101. The second kappa shape index (κ2) is 9.86. The molecule has 2 rings (SSSR count). The summed E-state index contributed by atoms with van der Waals surface area (Å²) in [5, 5.41) is 11.7. The third kappa shape index (κ3) is 6.56. The molecule has 1 aliphatic heterocycles. The molecular weight excluding hydrogens is 354 g/mol. The van der Waals surface area contributed by atoms with Crippen LogP contribution in [0.15, 0.2) is 34.2 Å². The van der Waals surface area contributed by atoms with E-state index in [4.69, 9.17) is 9.88 Å². The van der Waals surface area contributed by atoms with Crippen LogP contribution in [-0.2, 0) is 21.3 Å². The van der Waals surface area contributed by atoms with Gasteiger partial charge in [0, 0.05) is 32.2 Å². The molecule has 0 amide bonds. The maximum Gasteiger partial charge on any atom is 0.238 e.